The molecule has 1 aromatic carbocycles. The molecule has 3 aliphatic rings. The quantitative estimate of drug-likeness (QED) is 0.754. The number of imide groups is 1. The summed E-state index contributed by atoms with van der Waals surface area (Å²) in [7, 11) is 0. The Balaban J connectivity index is 1.55. The van der Waals surface area contributed by atoms with Gasteiger partial charge in [0, 0.05) is 31.3 Å². The van der Waals surface area contributed by atoms with Crippen LogP contribution in [0.4, 0.5) is 0 Å². The van der Waals surface area contributed by atoms with Gasteiger partial charge in [-0.2, -0.15) is 0 Å². The predicted octanol–water partition coefficient (Wildman–Crippen LogP) is 1.68. The largest absolute Gasteiger partial charge is 0.376 e. The molecular weight excluding hydrogens is 358 g/mol. The first-order chi connectivity index (χ1) is 13.6. The van der Waals surface area contributed by atoms with E-state index in [0.29, 0.717) is 29.8 Å². The van der Waals surface area contributed by atoms with Gasteiger partial charge < -0.3 is 15.0 Å². The second kappa shape index (κ2) is 8.01. The number of amides is 3. The van der Waals surface area contributed by atoms with Gasteiger partial charge in [-0.1, -0.05) is 6.92 Å². The lowest BCUT2D eigenvalue weighted by molar-refractivity contribution is 0.0475. The van der Waals surface area contributed by atoms with Crippen LogP contribution in [0.1, 0.15) is 63.7 Å². The summed E-state index contributed by atoms with van der Waals surface area (Å²) >= 11 is 0. The first-order valence-electron chi connectivity index (χ1n) is 10.2. The molecule has 2 fully saturated rings. The average molecular weight is 385 g/mol. The Morgan fingerprint density at radius 1 is 1.25 bits per heavy atom. The molecule has 3 amide bonds. The third-order valence-corrected chi connectivity index (χ3v) is 5.83. The zero-order valence-electron chi connectivity index (χ0n) is 16.3. The number of nitrogens with one attached hydrogen (secondary N) is 1. The summed E-state index contributed by atoms with van der Waals surface area (Å²) in [5, 5.41) is 3.30. The molecule has 0 saturated carbocycles. The van der Waals surface area contributed by atoms with Crippen molar-refractivity contribution in [2.45, 2.75) is 44.8 Å². The molecular formula is C21H27N3O4. The van der Waals surface area contributed by atoms with E-state index in [-0.39, 0.29) is 36.4 Å². The van der Waals surface area contributed by atoms with Gasteiger partial charge in [0.2, 0.25) is 0 Å². The van der Waals surface area contributed by atoms with E-state index < -0.39 is 0 Å². The van der Waals surface area contributed by atoms with Crippen LogP contribution in [-0.2, 0) is 4.74 Å². The van der Waals surface area contributed by atoms with Crippen molar-refractivity contribution < 1.29 is 19.1 Å². The summed E-state index contributed by atoms with van der Waals surface area (Å²) in [4.78, 5) is 41.8. The maximum atomic E-state index is 13.1. The van der Waals surface area contributed by atoms with Gasteiger partial charge in [-0.05, 0) is 50.4 Å². The molecule has 2 unspecified atom stereocenters. The minimum Gasteiger partial charge on any atom is -0.376 e. The molecule has 0 aliphatic carbocycles. The van der Waals surface area contributed by atoms with E-state index in [2.05, 4.69) is 12.2 Å². The van der Waals surface area contributed by atoms with Gasteiger partial charge in [0.05, 0.1) is 23.8 Å². The van der Waals surface area contributed by atoms with Crippen LogP contribution in [0.2, 0.25) is 0 Å². The van der Waals surface area contributed by atoms with Crippen LogP contribution in [0, 0.1) is 0 Å². The standard InChI is InChI=1S/C21H27N3O4/c1-2-9-23(15-7-8-22-12-15)19(25)14-5-6-17-18(11-14)21(27)24(20(17)26)13-16-4-3-10-28-16/h5-6,11,15-16,22H,2-4,7-10,12-13H2,1H3. The molecule has 0 aromatic heterocycles. The van der Waals surface area contributed by atoms with Crippen LogP contribution in [0.15, 0.2) is 18.2 Å². The van der Waals surface area contributed by atoms with Crippen molar-refractivity contribution in [3.8, 4) is 0 Å². The van der Waals surface area contributed by atoms with Gasteiger partial charge in [-0.25, -0.2) is 0 Å². The van der Waals surface area contributed by atoms with Crippen molar-refractivity contribution in [2.75, 3.05) is 32.8 Å². The minimum absolute atomic E-state index is 0.0730. The van der Waals surface area contributed by atoms with E-state index in [9.17, 15) is 14.4 Å². The lowest BCUT2D eigenvalue weighted by Gasteiger charge is -2.28. The molecule has 4 rings (SSSR count). The zero-order valence-corrected chi connectivity index (χ0v) is 16.3. The molecule has 1 N–H and O–H groups in total. The van der Waals surface area contributed by atoms with E-state index in [1.807, 2.05) is 4.90 Å². The van der Waals surface area contributed by atoms with Crippen LogP contribution in [0.3, 0.4) is 0 Å². The summed E-state index contributed by atoms with van der Waals surface area (Å²) < 4.78 is 5.57. The van der Waals surface area contributed by atoms with Gasteiger partial charge in [0.25, 0.3) is 17.7 Å². The van der Waals surface area contributed by atoms with Crippen molar-refractivity contribution >= 4 is 17.7 Å². The number of fused-ring (bicyclic) bond motifs is 1. The highest BCUT2D eigenvalue weighted by atomic mass is 16.5. The normalized spacial score (nSPS) is 24.1. The van der Waals surface area contributed by atoms with E-state index >= 15 is 0 Å². The van der Waals surface area contributed by atoms with Gasteiger partial charge in [-0.3, -0.25) is 19.3 Å². The fraction of sp³-hybridized carbons (Fsp3) is 0.571. The third kappa shape index (κ3) is 3.44. The Hall–Kier alpha value is -2.25. The van der Waals surface area contributed by atoms with Gasteiger partial charge in [0.15, 0.2) is 0 Å². The number of nitrogens with zero attached hydrogens (tertiary/aromatic N) is 2. The maximum Gasteiger partial charge on any atom is 0.261 e. The molecule has 3 aliphatic heterocycles. The fourth-order valence-electron chi connectivity index (χ4n) is 4.34. The van der Waals surface area contributed by atoms with Crippen LogP contribution in [0.5, 0.6) is 0 Å². The number of rotatable bonds is 6. The van der Waals surface area contributed by atoms with Crippen molar-refractivity contribution in [1.82, 2.24) is 15.1 Å². The molecule has 2 saturated heterocycles. The molecule has 7 heteroatoms. The number of ether oxygens (including phenoxy) is 1. The van der Waals surface area contributed by atoms with E-state index in [0.717, 1.165) is 38.8 Å². The number of hydrogen-bond acceptors (Lipinski definition) is 5. The lowest BCUT2D eigenvalue weighted by Crippen LogP contribution is -2.42. The smallest absolute Gasteiger partial charge is 0.261 e. The van der Waals surface area contributed by atoms with Crippen molar-refractivity contribution in [3.63, 3.8) is 0 Å². The third-order valence-electron chi connectivity index (χ3n) is 5.83. The first kappa shape index (κ1) is 19.1. The Bertz CT molecular complexity index is 782. The summed E-state index contributed by atoms with van der Waals surface area (Å²) in [5.74, 6) is -0.689. The van der Waals surface area contributed by atoms with Crippen LogP contribution < -0.4 is 5.32 Å². The Morgan fingerprint density at radius 2 is 2.07 bits per heavy atom. The second-order valence-electron chi connectivity index (χ2n) is 7.76. The zero-order chi connectivity index (χ0) is 19.7. The van der Waals surface area contributed by atoms with E-state index in [1.54, 1.807) is 18.2 Å². The van der Waals surface area contributed by atoms with E-state index in [4.69, 9.17) is 4.74 Å². The van der Waals surface area contributed by atoms with Crippen molar-refractivity contribution in [2.24, 2.45) is 0 Å². The number of carbonyl (C=O) groups is 3. The highest BCUT2D eigenvalue weighted by Crippen LogP contribution is 2.27. The molecule has 1 aromatic rings. The van der Waals surface area contributed by atoms with Crippen molar-refractivity contribution in [3.05, 3.63) is 34.9 Å². The average Bonchev–Trinajstić information content (AvgIpc) is 3.45. The van der Waals surface area contributed by atoms with E-state index in [1.165, 1.54) is 4.90 Å². The van der Waals surface area contributed by atoms with Crippen LogP contribution in [-0.4, -0.2) is 72.5 Å². The summed E-state index contributed by atoms with van der Waals surface area (Å²) in [6.07, 6.45) is 3.54. The van der Waals surface area contributed by atoms with Gasteiger partial charge in [-0.15, -0.1) is 0 Å². The van der Waals surface area contributed by atoms with Crippen LogP contribution in [0.25, 0.3) is 0 Å². The molecule has 28 heavy (non-hydrogen) atoms. The SMILES string of the molecule is CCCN(C(=O)c1ccc2c(c1)C(=O)N(CC1CCCO1)C2=O)C1CCNC1. The molecule has 3 heterocycles. The maximum absolute atomic E-state index is 13.1. The Morgan fingerprint density at radius 3 is 2.75 bits per heavy atom. The topological polar surface area (TPSA) is 79.0 Å². The second-order valence-corrected chi connectivity index (χ2v) is 7.76. The Kier molecular flexibility index (Phi) is 5.46. The first-order valence-corrected chi connectivity index (χ1v) is 10.2. The fourth-order valence-corrected chi connectivity index (χ4v) is 4.34. The number of carbonyl (C=O) groups excluding carboxylic acids is 3. The molecule has 0 spiro atoms. The summed E-state index contributed by atoms with van der Waals surface area (Å²) in [5.41, 5.74) is 1.18. The molecule has 7 nitrogen and oxygen atoms in total. The summed E-state index contributed by atoms with van der Waals surface area (Å²) in [6.45, 7) is 5.40. The molecule has 0 bridgehead atoms. The molecule has 0 radical (unpaired) electrons. The molecule has 150 valence electrons. The monoisotopic (exact) mass is 385 g/mol. The highest BCUT2D eigenvalue weighted by Gasteiger charge is 2.38. The predicted molar refractivity (Wildman–Crippen MR) is 103 cm³/mol. The number of hydrogen-bond donors (Lipinski definition) is 1. The highest BCUT2D eigenvalue weighted by molar-refractivity contribution is 6.22. The minimum atomic E-state index is -0.324. The van der Waals surface area contributed by atoms with Crippen molar-refractivity contribution in [1.29, 1.82) is 0 Å². The van der Waals surface area contributed by atoms with Crippen LogP contribution >= 0.6 is 0 Å². The Labute approximate surface area is 165 Å². The van der Waals surface area contributed by atoms with Gasteiger partial charge in [0.1, 0.15) is 0 Å². The number of benzene rings is 1. The van der Waals surface area contributed by atoms with Gasteiger partial charge >= 0.3 is 0 Å². The lowest BCUT2D eigenvalue weighted by atomic mass is 10.0. The molecule has 2 atom stereocenters. The summed E-state index contributed by atoms with van der Waals surface area (Å²) in [6, 6.07) is 5.06.